The van der Waals surface area contributed by atoms with Gasteiger partial charge in [-0.2, -0.15) is 0 Å². The highest BCUT2D eigenvalue weighted by Crippen LogP contribution is 2.22. The van der Waals surface area contributed by atoms with Gasteiger partial charge in [-0.3, -0.25) is 4.79 Å². The van der Waals surface area contributed by atoms with Gasteiger partial charge in [0.25, 0.3) is 0 Å². The quantitative estimate of drug-likeness (QED) is 0.842. The Morgan fingerprint density at radius 2 is 1.90 bits per heavy atom. The van der Waals surface area contributed by atoms with E-state index >= 15 is 0 Å². The van der Waals surface area contributed by atoms with E-state index in [1.165, 1.54) is 5.39 Å². The van der Waals surface area contributed by atoms with Gasteiger partial charge in [-0.15, -0.1) is 0 Å². The molecule has 3 heteroatoms. The molecule has 0 fully saturated rings. The summed E-state index contributed by atoms with van der Waals surface area (Å²) < 4.78 is 0. The number of hydrogen-bond donors (Lipinski definition) is 2. The summed E-state index contributed by atoms with van der Waals surface area (Å²) >= 11 is 0. The molecule has 0 aromatic heterocycles. The maximum absolute atomic E-state index is 11.9. The highest BCUT2D eigenvalue weighted by molar-refractivity contribution is 5.95. The number of anilines is 1. The molecule has 0 heterocycles. The summed E-state index contributed by atoms with van der Waals surface area (Å²) in [5.74, 6) is 0.0406. The van der Waals surface area contributed by atoms with Crippen LogP contribution in [-0.2, 0) is 4.79 Å². The average Bonchev–Trinajstić information content (AvgIpc) is 2.45. The Hall–Kier alpha value is -2.03. The minimum absolute atomic E-state index is 0.0406. The normalized spacial score (nSPS) is 12.1. The third-order valence-corrected chi connectivity index (χ3v) is 3.36. The van der Waals surface area contributed by atoms with E-state index < -0.39 is 0 Å². The third-order valence-electron chi connectivity index (χ3n) is 3.36. The van der Waals surface area contributed by atoms with E-state index in [-0.39, 0.29) is 11.9 Å². The molecule has 2 aromatic rings. The van der Waals surface area contributed by atoms with Gasteiger partial charge in [0.1, 0.15) is 0 Å². The molecule has 3 nitrogen and oxygen atoms in total. The molecule has 2 aromatic carbocycles. The van der Waals surface area contributed by atoms with E-state index in [1.54, 1.807) is 0 Å². The molecule has 0 radical (unpaired) electrons. The molecule has 106 valence electrons. The smallest absolute Gasteiger partial charge is 0.239 e. The van der Waals surface area contributed by atoms with Crippen LogP contribution in [0.3, 0.4) is 0 Å². The van der Waals surface area contributed by atoms with Crippen molar-refractivity contribution in [2.24, 2.45) is 0 Å². The van der Waals surface area contributed by atoms with E-state index in [0.29, 0.717) is 6.54 Å². The molecule has 2 rings (SSSR count). The number of nitrogens with one attached hydrogen (secondary N) is 2. The molecule has 1 unspecified atom stereocenters. The first kappa shape index (κ1) is 14.4. The van der Waals surface area contributed by atoms with Crippen molar-refractivity contribution in [3.05, 3.63) is 42.5 Å². The minimum atomic E-state index is 0.0406. The number of hydrogen-bond acceptors (Lipinski definition) is 2. The number of carbonyl (C=O) groups excluding carboxylic acids is 1. The van der Waals surface area contributed by atoms with Crippen molar-refractivity contribution in [3.8, 4) is 0 Å². The molecule has 0 aliphatic rings. The second kappa shape index (κ2) is 6.94. The molecule has 0 saturated carbocycles. The predicted molar refractivity (Wildman–Crippen MR) is 85.0 cm³/mol. The molecule has 20 heavy (non-hydrogen) atoms. The molecule has 1 atom stereocenters. The lowest BCUT2D eigenvalue weighted by Crippen LogP contribution is -2.36. The van der Waals surface area contributed by atoms with Gasteiger partial charge < -0.3 is 10.6 Å². The number of carbonyl (C=O) groups is 1. The fourth-order valence-electron chi connectivity index (χ4n) is 2.39. The van der Waals surface area contributed by atoms with Gasteiger partial charge in [0.15, 0.2) is 0 Å². The van der Waals surface area contributed by atoms with Crippen molar-refractivity contribution in [2.45, 2.75) is 32.7 Å². The van der Waals surface area contributed by atoms with Crippen molar-refractivity contribution >= 4 is 22.4 Å². The zero-order valence-electron chi connectivity index (χ0n) is 12.1. The molecule has 0 saturated heterocycles. The van der Waals surface area contributed by atoms with Crippen LogP contribution in [0.2, 0.25) is 0 Å². The van der Waals surface area contributed by atoms with Crippen LogP contribution in [0.4, 0.5) is 5.69 Å². The topological polar surface area (TPSA) is 41.1 Å². The van der Waals surface area contributed by atoms with Crippen LogP contribution in [0.5, 0.6) is 0 Å². The second-order valence-electron chi connectivity index (χ2n) is 5.14. The fraction of sp³-hybridized carbons (Fsp3) is 0.353. The van der Waals surface area contributed by atoms with Crippen molar-refractivity contribution in [1.29, 1.82) is 0 Å². The standard InChI is InChI=1S/C17H22N2O/c1-3-7-13(2)19-17(20)12-18-16-11-6-9-14-8-4-5-10-15(14)16/h4-6,8-11,13,18H,3,7,12H2,1-2H3,(H,19,20). The van der Waals surface area contributed by atoms with Crippen molar-refractivity contribution < 1.29 is 4.79 Å². The lowest BCUT2D eigenvalue weighted by Gasteiger charge is -2.14. The maximum Gasteiger partial charge on any atom is 0.239 e. The number of benzene rings is 2. The second-order valence-corrected chi connectivity index (χ2v) is 5.14. The van der Waals surface area contributed by atoms with Crippen LogP contribution in [0, 0.1) is 0 Å². The fourth-order valence-corrected chi connectivity index (χ4v) is 2.39. The van der Waals surface area contributed by atoms with E-state index in [4.69, 9.17) is 0 Å². The Kier molecular flexibility index (Phi) is 4.99. The van der Waals surface area contributed by atoms with Crippen LogP contribution < -0.4 is 10.6 Å². The van der Waals surface area contributed by atoms with Crippen LogP contribution in [0.1, 0.15) is 26.7 Å². The first-order valence-corrected chi connectivity index (χ1v) is 7.21. The third kappa shape index (κ3) is 3.73. The maximum atomic E-state index is 11.9. The summed E-state index contributed by atoms with van der Waals surface area (Å²) in [6.45, 7) is 4.47. The van der Waals surface area contributed by atoms with E-state index in [9.17, 15) is 4.79 Å². The molecule has 0 aliphatic heterocycles. The summed E-state index contributed by atoms with van der Waals surface area (Å²) in [4.78, 5) is 11.9. The van der Waals surface area contributed by atoms with Crippen molar-refractivity contribution in [3.63, 3.8) is 0 Å². The Labute approximate surface area is 120 Å². The van der Waals surface area contributed by atoms with Crippen LogP contribution in [0.15, 0.2) is 42.5 Å². The average molecular weight is 270 g/mol. The Balaban J connectivity index is 1.97. The molecule has 0 spiro atoms. The zero-order chi connectivity index (χ0) is 14.4. The highest BCUT2D eigenvalue weighted by Gasteiger charge is 2.07. The monoisotopic (exact) mass is 270 g/mol. The Morgan fingerprint density at radius 1 is 1.15 bits per heavy atom. The number of rotatable bonds is 6. The van der Waals surface area contributed by atoms with Gasteiger partial charge in [-0.25, -0.2) is 0 Å². The predicted octanol–water partition coefficient (Wildman–Crippen LogP) is 3.56. The zero-order valence-corrected chi connectivity index (χ0v) is 12.1. The lowest BCUT2D eigenvalue weighted by molar-refractivity contribution is -0.120. The molecular weight excluding hydrogens is 248 g/mol. The van der Waals surface area contributed by atoms with Gasteiger partial charge in [-0.05, 0) is 24.8 Å². The minimum Gasteiger partial charge on any atom is -0.376 e. The summed E-state index contributed by atoms with van der Waals surface area (Å²) in [6.07, 6.45) is 2.10. The van der Waals surface area contributed by atoms with Gasteiger partial charge in [0.2, 0.25) is 5.91 Å². The largest absolute Gasteiger partial charge is 0.376 e. The van der Waals surface area contributed by atoms with E-state index in [1.807, 2.05) is 31.2 Å². The Morgan fingerprint density at radius 3 is 2.70 bits per heavy atom. The van der Waals surface area contributed by atoms with Crippen LogP contribution in [0.25, 0.3) is 10.8 Å². The summed E-state index contributed by atoms with van der Waals surface area (Å²) in [5.41, 5.74) is 1.00. The molecule has 0 bridgehead atoms. The summed E-state index contributed by atoms with van der Waals surface area (Å²) in [5, 5.41) is 8.54. The van der Waals surface area contributed by atoms with E-state index in [0.717, 1.165) is 23.9 Å². The highest BCUT2D eigenvalue weighted by atomic mass is 16.1. The van der Waals surface area contributed by atoms with Gasteiger partial charge in [0.05, 0.1) is 6.54 Å². The van der Waals surface area contributed by atoms with E-state index in [2.05, 4.69) is 35.8 Å². The molecular formula is C17H22N2O. The van der Waals surface area contributed by atoms with Gasteiger partial charge in [0, 0.05) is 17.1 Å². The Bertz CT molecular complexity index is 575. The van der Waals surface area contributed by atoms with Crippen LogP contribution >= 0.6 is 0 Å². The first-order chi connectivity index (χ1) is 9.70. The summed E-state index contributed by atoms with van der Waals surface area (Å²) in [7, 11) is 0. The van der Waals surface area contributed by atoms with Crippen molar-refractivity contribution in [2.75, 3.05) is 11.9 Å². The van der Waals surface area contributed by atoms with Crippen molar-refractivity contribution in [1.82, 2.24) is 5.32 Å². The molecule has 2 N–H and O–H groups in total. The number of fused-ring (bicyclic) bond motifs is 1. The van der Waals surface area contributed by atoms with Gasteiger partial charge in [-0.1, -0.05) is 49.7 Å². The van der Waals surface area contributed by atoms with Gasteiger partial charge >= 0.3 is 0 Å². The lowest BCUT2D eigenvalue weighted by atomic mass is 10.1. The molecule has 0 aliphatic carbocycles. The van der Waals surface area contributed by atoms with Crippen LogP contribution in [-0.4, -0.2) is 18.5 Å². The SMILES string of the molecule is CCCC(C)NC(=O)CNc1cccc2ccccc12. The molecule has 1 amide bonds. The number of amides is 1. The first-order valence-electron chi connectivity index (χ1n) is 7.21. The summed E-state index contributed by atoms with van der Waals surface area (Å²) in [6, 6.07) is 14.5.